The lowest BCUT2D eigenvalue weighted by molar-refractivity contribution is -0.192. The van der Waals surface area contributed by atoms with E-state index in [1.54, 1.807) is 18.2 Å². The summed E-state index contributed by atoms with van der Waals surface area (Å²) < 4.78 is 58.8. The molecule has 0 bridgehead atoms. The number of hydrogen-bond acceptors (Lipinski definition) is 6. The number of amidine groups is 1. The third-order valence-electron chi connectivity index (χ3n) is 5.26. The van der Waals surface area contributed by atoms with Gasteiger partial charge in [0.1, 0.15) is 0 Å². The van der Waals surface area contributed by atoms with Crippen LogP contribution in [0.5, 0.6) is 0 Å². The highest BCUT2D eigenvalue weighted by molar-refractivity contribution is 7.89. The van der Waals surface area contributed by atoms with E-state index >= 15 is 0 Å². The fourth-order valence-electron chi connectivity index (χ4n) is 3.85. The molecule has 9 nitrogen and oxygen atoms in total. The first kappa shape index (κ1) is 25.6. The number of carbonyl (C=O) groups excluding carboxylic acids is 1. The van der Waals surface area contributed by atoms with Crippen LogP contribution >= 0.6 is 0 Å². The number of carbonyl (C=O) groups is 2. The molecule has 32 heavy (non-hydrogen) atoms. The second-order valence-electron chi connectivity index (χ2n) is 7.47. The number of carboxylic acids is 1. The number of sulfonamides is 1. The molecule has 2 saturated heterocycles. The molecule has 1 amide bonds. The maximum atomic E-state index is 13.0. The lowest BCUT2D eigenvalue weighted by Gasteiger charge is -2.22. The summed E-state index contributed by atoms with van der Waals surface area (Å²) in [5.41, 5.74) is 5.36. The summed E-state index contributed by atoms with van der Waals surface area (Å²) in [6.07, 6.45) is -1.83. The molecule has 3 rings (SSSR count). The van der Waals surface area contributed by atoms with E-state index in [0.29, 0.717) is 25.8 Å². The average Bonchev–Trinajstić information content (AvgIpc) is 3.26. The number of nitrogens with one attached hydrogen (secondary N) is 2. The van der Waals surface area contributed by atoms with Gasteiger partial charge >= 0.3 is 12.1 Å². The van der Waals surface area contributed by atoms with Crippen LogP contribution in [0.3, 0.4) is 0 Å². The van der Waals surface area contributed by atoms with E-state index in [9.17, 15) is 26.4 Å². The van der Waals surface area contributed by atoms with Crippen molar-refractivity contribution in [2.75, 3.05) is 6.54 Å². The number of unbranched alkanes of at least 4 members (excludes halogenated alkanes) is 1. The predicted molar refractivity (Wildman–Crippen MR) is 108 cm³/mol. The molecule has 0 aromatic heterocycles. The Morgan fingerprint density at radius 1 is 1.25 bits per heavy atom. The van der Waals surface area contributed by atoms with Gasteiger partial charge in [0.15, 0.2) is 0 Å². The third kappa shape index (κ3) is 5.97. The number of fused-ring (bicyclic) bond motifs is 1. The Labute approximate surface area is 183 Å². The Kier molecular flexibility index (Phi) is 8.24. The van der Waals surface area contributed by atoms with Crippen molar-refractivity contribution in [3.8, 4) is 0 Å². The summed E-state index contributed by atoms with van der Waals surface area (Å²) in [5, 5.41) is 17.7. The van der Waals surface area contributed by atoms with Crippen molar-refractivity contribution >= 4 is 27.7 Å². The van der Waals surface area contributed by atoms with E-state index in [4.69, 9.17) is 21.0 Å². The summed E-state index contributed by atoms with van der Waals surface area (Å²) in [5.74, 6) is -3.26. The van der Waals surface area contributed by atoms with Crippen molar-refractivity contribution in [3.05, 3.63) is 30.3 Å². The zero-order chi connectivity index (χ0) is 24.1. The van der Waals surface area contributed by atoms with Gasteiger partial charge < -0.3 is 16.2 Å². The lowest BCUT2D eigenvalue weighted by atomic mass is 9.94. The zero-order valence-corrected chi connectivity index (χ0v) is 17.8. The standard InChI is InChI=1S/C17H24N4O3S.C2HF3O2/c18-15(19)9-5-4-8-13-16-14(10-11-20-16)21(17(13)22)25(23,24)12-6-2-1-3-7-12;3-2(4,5)1(6)7/h1-3,6-7,13-14,16,20H,4-5,8-11H2,(H3,18,19);(H,6,7)/t13-,14+,16-;/m1./s1. The highest BCUT2D eigenvalue weighted by Gasteiger charge is 2.54. The van der Waals surface area contributed by atoms with Crippen LogP contribution in [0.2, 0.25) is 0 Å². The zero-order valence-electron chi connectivity index (χ0n) is 17.0. The number of carboxylic acid groups (broad SMARTS) is 1. The Bertz CT molecular complexity index is 940. The molecule has 0 unspecified atom stereocenters. The molecule has 5 N–H and O–H groups in total. The van der Waals surface area contributed by atoms with Crippen molar-refractivity contribution in [2.45, 2.75) is 55.3 Å². The summed E-state index contributed by atoms with van der Waals surface area (Å²) >= 11 is 0. The van der Waals surface area contributed by atoms with Crippen LogP contribution in [-0.4, -0.2) is 60.3 Å². The Balaban J connectivity index is 0.000000451. The SMILES string of the molecule is N=C(N)CCCC[C@H]1C(=O)N(S(=O)(=O)c2ccccc2)[C@H]2CCN[C@H]12.O=C(O)C(F)(F)F. The minimum atomic E-state index is -5.08. The number of alkyl halides is 3. The molecular weight excluding hydrogens is 453 g/mol. The molecule has 1 aromatic rings. The number of benzene rings is 1. The largest absolute Gasteiger partial charge is 0.490 e. The first-order chi connectivity index (χ1) is 14.9. The minimum absolute atomic E-state index is 0.122. The molecule has 13 heteroatoms. The molecule has 2 aliphatic rings. The number of hydrogen-bond donors (Lipinski definition) is 4. The van der Waals surface area contributed by atoms with Gasteiger partial charge in [-0.25, -0.2) is 17.5 Å². The Morgan fingerprint density at radius 2 is 1.84 bits per heavy atom. The second kappa shape index (κ2) is 10.3. The van der Waals surface area contributed by atoms with E-state index < -0.39 is 22.2 Å². The molecule has 0 spiro atoms. The smallest absolute Gasteiger partial charge is 0.475 e. The molecule has 0 radical (unpaired) electrons. The van der Waals surface area contributed by atoms with Gasteiger partial charge in [-0.2, -0.15) is 13.2 Å². The number of amides is 1. The van der Waals surface area contributed by atoms with Crippen molar-refractivity contribution in [1.29, 1.82) is 5.41 Å². The number of halogens is 3. The topological polar surface area (TPSA) is 154 Å². The van der Waals surface area contributed by atoms with E-state index in [1.165, 1.54) is 12.1 Å². The van der Waals surface area contributed by atoms with Gasteiger partial charge in [0.2, 0.25) is 5.91 Å². The molecule has 0 saturated carbocycles. The molecule has 178 valence electrons. The number of nitrogens with two attached hydrogens (primary N) is 1. The molecule has 2 aliphatic heterocycles. The van der Waals surface area contributed by atoms with Crippen LogP contribution in [0.1, 0.15) is 32.1 Å². The van der Waals surface area contributed by atoms with Gasteiger partial charge in [-0.05, 0) is 37.9 Å². The molecule has 2 heterocycles. The second-order valence-corrected chi connectivity index (χ2v) is 9.28. The monoisotopic (exact) mass is 478 g/mol. The summed E-state index contributed by atoms with van der Waals surface area (Å²) in [7, 11) is -3.83. The van der Waals surface area contributed by atoms with Gasteiger partial charge in [-0.15, -0.1) is 0 Å². The molecular formula is C19H25F3N4O5S. The maximum absolute atomic E-state index is 13.0. The third-order valence-corrected chi connectivity index (χ3v) is 7.09. The fraction of sp³-hybridized carbons (Fsp3) is 0.526. The van der Waals surface area contributed by atoms with Crippen molar-refractivity contribution in [3.63, 3.8) is 0 Å². The van der Waals surface area contributed by atoms with Crippen LogP contribution in [0, 0.1) is 11.3 Å². The first-order valence-corrected chi connectivity index (χ1v) is 11.3. The summed E-state index contributed by atoms with van der Waals surface area (Å²) in [4.78, 5) is 22.0. The van der Waals surface area contributed by atoms with Crippen LogP contribution in [-0.2, 0) is 19.6 Å². The van der Waals surface area contributed by atoms with Gasteiger partial charge in [0, 0.05) is 12.5 Å². The highest BCUT2D eigenvalue weighted by atomic mass is 32.2. The predicted octanol–water partition coefficient (Wildman–Crippen LogP) is 1.69. The van der Waals surface area contributed by atoms with Gasteiger partial charge in [-0.3, -0.25) is 10.2 Å². The van der Waals surface area contributed by atoms with Gasteiger partial charge in [0.05, 0.1) is 22.7 Å². The quantitative estimate of drug-likeness (QED) is 0.264. The van der Waals surface area contributed by atoms with Crippen LogP contribution in [0.25, 0.3) is 0 Å². The van der Waals surface area contributed by atoms with Gasteiger partial charge in [0.25, 0.3) is 10.0 Å². The van der Waals surface area contributed by atoms with E-state index in [2.05, 4.69) is 5.32 Å². The average molecular weight is 478 g/mol. The number of aliphatic carboxylic acids is 1. The van der Waals surface area contributed by atoms with E-state index in [1.807, 2.05) is 0 Å². The summed E-state index contributed by atoms with van der Waals surface area (Å²) in [6, 6.07) is 7.70. The fourth-order valence-corrected chi connectivity index (χ4v) is 5.55. The number of rotatable bonds is 7. The van der Waals surface area contributed by atoms with Crippen LogP contribution in [0.4, 0.5) is 13.2 Å². The van der Waals surface area contributed by atoms with Gasteiger partial charge in [-0.1, -0.05) is 24.6 Å². The molecule has 0 aliphatic carbocycles. The Hall–Kier alpha value is -2.67. The Morgan fingerprint density at radius 3 is 2.38 bits per heavy atom. The summed E-state index contributed by atoms with van der Waals surface area (Å²) in [6.45, 7) is 0.716. The van der Waals surface area contributed by atoms with Crippen molar-refractivity contribution in [2.24, 2.45) is 11.7 Å². The van der Waals surface area contributed by atoms with E-state index in [-0.39, 0.29) is 34.6 Å². The van der Waals surface area contributed by atoms with Crippen LogP contribution in [0.15, 0.2) is 35.2 Å². The normalized spacial score (nSPS) is 22.8. The van der Waals surface area contributed by atoms with Crippen LogP contribution < -0.4 is 11.1 Å². The van der Waals surface area contributed by atoms with Crippen molar-refractivity contribution < 1.29 is 36.3 Å². The number of nitrogens with zero attached hydrogens (tertiary/aromatic N) is 1. The molecule has 1 aromatic carbocycles. The van der Waals surface area contributed by atoms with Crippen molar-refractivity contribution in [1.82, 2.24) is 9.62 Å². The van der Waals surface area contributed by atoms with E-state index in [0.717, 1.165) is 17.1 Å². The minimum Gasteiger partial charge on any atom is -0.475 e. The molecule has 3 atom stereocenters. The highest BCUT2D eigenvalue weighted by Crippen LogP contribution is 2.37. The lowest BCUT2D eigenvalue weighted by Crippen LogP contribution is -2.40. The maximum Gasteiger partial charge on any atom is 0.490 e. The first-order valence-electron chi connectivity index (χ1n) is 9.87. The molecule has 2 fully saturated rings.